The largest absolute Gasteiger partial charge is 0.478 e. The van der Waals surface area contributed by atoms with Crippen LogP contribution in [0.4, 0.5) is 5.69 Å². The van der Waals surface area contributed by atoms with E-state index in [-0.39, 0.29) is 22.4 Å². The lowest BCUT2D eigenvalue weighted by Crippen LogP contribution is -2.22. The molecule has 1 aromatic rings. The number of hydrogen-bond donors (Lipinski definition) is 2. The molecule has 0 aromatic heterocycles. The highest BCUT2D eigenvalue weighted by Gasteiger charge is 2.22. The minimum atomic E-state index is -3.62. The van der Waals surface area contributed by atoms with E-state index in [1.54, 1.807) is 6.07 Å². The lowest BCUT2D eigenvalue weighted by molar-refractivity contribution is 0.0698. The third kappa shape index (κ3) is 5.96. The van der Waals surface area contributed by atoms with Gasteiger partial charge in [0, 0.05) is 8.95 Å². The Bertz CT molecular complexity index is 651. The molecule has 0 amide bonds. The predicted molar refractivity (Wildman–Crippen MR) is 90.3 cm³/mol. The Labute approximate surface area is 141 Å². The SMILES string of the molecule is CC(C)(C)CCS(=O)(=O)Nc1c(Br)cc(Br)cc1C(=O)O. The Kier molecular flexibility index (Phi) is 5.85. The van der Waals surface area contributed by atoms with Gasteiger partial charge in [0.25, 0.3) is 0 Å². The Morgan fingerprint density at radius 1 is 1.29 bits per heavy atom. The summed E-state index contributed by atoms with van der Waals surface area (Å²) in [6.45, 7) is 5.84. The van der Waals surface area contributed by atoms with Crippen molar-refractivity contribution < 1.29 is 18.3 Å². The Morgan fingerprint density at radius 2 is 1.86 bits per heavy atom. The van der Waals surface area contributed by atoms with Crippen LogP contribution in [0.25, 0.3) is 0 Å². The molecule has 0 spiro atoms. The van der Waals surface area contributed by atoms with Gasteiger partial charge in [-0.15, -0.1) is 0 Å². The topological polar surface area (TPSA) is 83.5 Å². The number of sulfonamides is 1. The van der Waals surface area contributed by atoms with Crippen LogP contribution in [0.5, 0.6) is 0 Å². The van der Waals surface area contributed by atoms with Gasteiger partial charge >= 0.3 is 5.97 Å². The normalized spacial score (nSPS) is 12.2. The summed E-state index contributed by atoms with van der Waals surface area (Å²) in [6, 6.07) is 2.95. The van der Waals surface area contributed by atoms with Crippen LogP contribution < -0.4 is 4.72 Å². The highest BCUT2D eigenvalue weighted by molar-refractivity contribution is 9.11. The molecule has 0 aliphatic carbocycles. The van der Waals surface area contributed by atoms with Crippen LogP contribution in [0, 0.1) is 5.41 Å². The first-order chi connectivity index (χ1) is 9.41. The zero-order valence-corrected chi connectivity index (χ0v) is 15.9. The van der Waals surface area contributed by atoms with Gasteiger partial charge in [-0.1, -0.05) is 36.7 Å². The molecule has 21 heavy (non-hydrogen) atoms. The average molecular weight is 443 g/mol. The molecule has 1 rings (SSSR count). The number of halogens is 2. The van der Waals surface area contributed by atoms with Crippen molar-refractivity contribution in [2.75, 3.05) is 10.5 Å². The van der Waals surface area contributed by atoms with E-state index in [0.29, 0.717) is 15.4 Å². The van der Waals surface area contributed by atoms with E-state index in [1.165, 1.54) is 6.07 Å². The summed E-state index contributed by atoms with van der Waals surface area (Å²) in [6.07, 6.45) is 0.471. The minimum absolute atomic E-state index is 0.0413. The third-order valence-corrected chi connectivity index (χ3v) is 5.00. The zero-order valence-electron chi connectivity index (χ0n) is 11.9. The Balaban J connectivity index is 3.10. The van der Waals surface area contributed by atoms with E-state index in [4.69, 9.17) is 0 Å². The van der Waals surface area contributed by atoms with Crippen LogP contribution >= 0.6 is 31.9 Å². The van der Waals surface area contributed by atoms with Crippen LogP contribution in [0.3, 0.4) is 0 Å². The smallest absolute Gasteiger partial charge is 0.337 e. The summed E-state index contributed by atoms with van der Waals surface area (Å²) in [5.41, 5.74) is -0.198. The maximum Gasteiger partial charge on any atom is 0.337 e. The molecule has 1 aromatic carbocycles. The maximum atomic E-state index is 12.1. The molecule has 0 heterocycles. The molecule has 0 aliphatic heterocycles. The summed E-state index contributed by atoms with van der Waals surface area (Å²) in [5, 5.41) is 9.19. The monoisotopic (exact) mass is 441 g/mol. The molecule has 5 nitrogen and oxygen atoms in total. The zero-order chi connectivity index (χ0) is 16.4. The lowest BCUT2D eigenvalue weighted by Gasteiger charge is -2.19. The number of carbonyl (C=O) groups is 1. The molecular weight excluding hydrogens is 426 g/mol. The van der Waals surface area contributed by atoms with Gasteiger partial charge in [0.15, 0.2) is 0 Å². The molecule has 0 bridgehead atoms. The molecular formula is C13H17Br2NO4S. The van der Waals surface area contributed by atoms with Gasteiger partial charge in [-0.05, 0) is 39.9 Å². The Hall–Kier alpha value is -0.600. The van der Waals surface area contributed by atoms with Crippen LogP contribution in [0.15, 0.2) is 21.1 Å². The fourth-order valence-electron chi connectivity index (χ4n) is 1.49. The first-order valence-corrected chi connectivity index (χ1v) is 9.38. The second-order valence-electron chi connectivity index (χ2n) is 5.85. The van der Waals surface area contributed by atoms with Crippen molar-refractivity contribution in [3.05, 3.63) is 26.6 Å². The first kappa shape index (κ1) is 18.4. The quantitative estimate of drug-likeness (QED) is 0.719. The van der Waals surface area contributed by atoms with Crippen molar-refractivity contribution in [2.45, 2.75) is 27.2 Å². The molecule has 0 radical (unpaired) electrons. The highest BCUT2D eigenvalue weighted by atomic mass is 79.9. The average Bonchev–Trinajstić information content (AvgIpc) is 2.29. The van der Waals surface area contributed by atoms with Crippen molar-refractivity contribution in [2.24, 2.45) is 5.41 Å². The van der Waals surface area contributed by atoms with Gasteiger partial charge in [0.1, 0.15) is 0 Å². The van der Waals surface area contributed by atoms with Crippen LogP contribution in [0.1, 0.15) is 37.6 Å². The van der Waals surface area contributed by atoms with Crippen molar-refractivity contribution in [1.29, 1.82) is 0 Å². The molecule has 0 saturated carbocycles. The molecule has 8 heteroatoms. The number of nitrogens with one attached hydrogen (secondary N) is 1. The summed E-state index contributed by atoms with van der Waals surface area (Å²) in [5.74, 6) is -1.27. The van der Waals surface area contributed by atoms with E-state index < -0.39 is 16.0 Å². The van der Waals surface area contributed by atoms with Crippen LogP contribution in [-0.2, 0) is 10.0 Å². The molecule has 0 fully saturated rings. The van der Waals surface area contributed by atoms with E-state index in [1.807, 2.05) is 20.8 Å². The second kappa shape index (κ2) is 6.66. The van der Waals surface area contributed by atoms with Gasteiger partial charge in [0.05, 0.1) is 17.0 Å². The standard InChI is InChI=1S/C13H17Br2NO4S/c1-13(2,3)4-5-21(19,20)16-11-9(12(17)18)6-8(14)7-10(11)15/h6-7,16H,4-5H2,1-3H3,(H,17,18). The fourth-order valence-corrected chi connectivity index (χ4v) is 4.46. The van der Waals surface area contributed by atoms with E-state index in [0.717, 1.165) is 0 Å². The number of carboxylic acid groups (broad SMARTS) is 1. The fraction of sp³-hybridized carbons (Fsp3) is 0.462. The highest BCUT2D eigenvalue weighted by Crippen LogP contribution is 2.32. The van der Waals surface area contributed by atoms with Crippen molar-refractivity contribution in [1.82, 2.24) is 0 Å². The van der Waals surface area contributed by atoms with E-state index in [9.17, 15) is 18.3 Å². The number of benzene rings is 1. The van der Waals surface area contributed by atoms with Crippen LogP contribution in [-0.4, -0.2) is 25.2 Å². The number of anilines is 1. The van der Waals surface area contributed by atoms with Crippen LogP contribution in [0.2, 0.25) is 0 Å². The third-order valence-electron chi connectivity index (χ3n) is 2.66. The lowest BCUT2D eigenvalue weighted by atomic mass is 9.94. The maximum absolute atomic E-state index is 12.1. The van der Waals surface area contributed by atoms with E-state index in [2.05, 4.69) is 36.6 Å². The van der Waals surface area contributed by atoms with Crippen molar-refractivity contribution in [3.8, 4) is 0 Å². The molecule has 0 aliphatic rings. The minimum Gasteiger partial charge on any atom is -0.478 e. The molecule has 0 saturated heterocycles. The number of hydrogen-bond acceptors (Lipinski definition) is 3. The van der Waals surface area contributed by atoms with E-state index >= 15 is 0 Å². The first-order valence-electron chi connectivity index (χ1n) is 6.14. The van der Waals surface area contributed by atoms with Gasteiger partial charge < -0.3 is 5.11 Å². The van der Waals surface area contributed by atoms with Gasteiger partial charge in [-0.2, -0.15) is 0 Å². The van der Waals surface area contributed by atoms with Gasteiger partial charge in [-0.3, -0.25) is 4.72 Å². The molecule has 0 unspecified atom stereocenters. The number of aromatic carboxylic acids is 1. The van der Waals surface area contributed by atoms with Crippen molar-refractivity contribution in [3.63, 3.8) is 0 Å². The molecule has 118 valence electrons. The van der Waals surface area contributed by atoms with Gasteiger partial charge in [-0.25, -0.2) is 13.2 Å². The number of rotatable bonds is 5. The summed E-state index contributed by atoms with van der Waals surface area (Å²) in [4.78, 5) is 11.3. The summed E-state index contributed by atoms with van der Waals surface area (Å²) in [7, 11) is -3.62. The second-order valence-corrected chi connectivity index (χ2v) is 9.46. The molecule has 0 atom stereocenters. The summed E-state index contributed by atoms with van der Waals surface area (Å²) < 4.78 is 27.5. The molecule has 2 N–H and O–H groups in total. The Morgan fingerprint density at radius 3 is 2.33 bits per heavy atom. The van der Waals surface area contributed by atoms with Crippen molar-refractivity contribution >= 4 is 53.5 Å². The number of carboxylic acids is 1. The predicted octanol–water partition coefficient (Wildman–Crippen LogP) is 4.09. The summed E-state index contributed by atoms with van der Waals surface area (Å²) >= 11 is 6.37. The van der Waals surface area contributed by atoms with Gasteiger partial charge in [0.2, 0.25) is 10.0 Å².